The lowest BCUT2D eigenvalue weighted by molar-refractivity contribution is 0.00391. The Bertz CT molecular complexity index is 476. The standard InChI is InChI=1S/C15H19FO3/c1-10-5-7-15(18,8-6-10)14(17)12-4-3-11(19-2)9-13(12)16/h3-4,9-10,18H,5-8H2,1-2H3. The molecule has 2 rings (SSSR count). The van der Waals surface area contributed by atoms with Crippen LogP contribution in [0.15, 0.2) is 18.2 Å². The van der Waals surface area contributed by atoms with Gasteiger partial charge in [-0.3, -0.25) is 4.79 Å². The number of halogens is 1. The van der Waals surface area contributed by atoms with Crippen LogP contribution >= 0.6 is 0 Å². The van der Waals surface area contributed by atoms with Crippen molar-refractivity contribution in [3.8, 4) is 5.75 Å². The molecule has 1 fully saturated rings. The van der Waals surface area contributed by atoms with Gasteiger partial charge in [-0.1, -0.05) is 6.92 Å². The Morgan fingerprint density at radius 1 is 1.42 bits per heavy atom. The number of hydrogen-bond donors (Lipinski definition) is 1. The number of aliphatic hydroxyl groups is 1. The van der Waals surface area contributed by atoms with Crippen LogP contribution in [0.3, 0.4) is 0 Å². The van der Waals surface area contributed by atoms with Crippen molar-refractivity contribution in [1.29, 1.82) is 0 Å². The quantitative estimate of drug-likeness (QED) is 0.856. The molecule has 0 aromatic heterocycles. The zero-order chi connectivity index (χ0) is 14.0. The van der Waals surface area contributed by atoms with Crippen molar-refractivity contribution >= 4 is 5.78 Å². The molecule has 1 aliphatic carbocycles. The number of carbonyl (C=O) groups is 1. The fraction of sp³-hybridized carbons (Fsp3) is 0.533. The highest BCUT2D eigenvalue weighted by Gasteiger charge is 2.40. The van der Waals surface area contributed by atoms with Gasteiger partial charge in [0.25, 0.3) is 0 Å². The summed E-state index contributed by atoms with van der Waals surface area (Å²) in [5.74, 6) is -0.289. The Morgan fingerprint density at radius 3 is 2.58 bits per heavy atom. The molecule has 0 atom stereocenters. The Morgan fingerprint density at radius 2 is 2.05 bits per heavy atom. The van der Waals surface area contributed by atoms with Gasteiger partial charge in [-0.25, -0.2) is 4.39 Å². The van der Waals surface area contributed by atoms with Crippen LogP contribution in [0.2, 0.25) is 0 Å². The molecule has 1 aliphatic rings. The SMILES string of the molecule is COc1ccc(C(=O)C2(O)CCC(C)CC2)c(F)c1. The Labute approximate surface area is 112 Å². The van der Waals surface area contributed by atoms with Crippen LogP contribution in [0.1, 0.15) is 43.0 Å². The van der Waals surface area contributed by atoms with Crippen molar-refractivity contribution in [2.24, 2.45) is 5.92 Å². The molecule has 0 radical (unpaired) electrons. The first-order valence-corrected chi connectivity index (χ1v) is 6.57. The van der Waals surface area contributed by atoms with Gasteiger partial charge in [-0.2, -0.15) is 0 Å². The second-order valence-corrected chi connectivity index (χ2v) is 5.39. The molecule has 0 spiro atoms. The van der Waals surface area contributed by atoms with E-state index in [9.17, 15) is 14.3 Å². The van der Waals surface area contributed by atoms with Crippen molar-refractivity contribution < 1.29 is 19.0 Å². The molecular formula is C15H19FO3. The number of carbonyl (C=O) groups excluding carboxylic acids is 1. The Kier molecular flexibility index (Phi) is 3.90. The maximum atomic E-state index is 13.9. The average Bonchev–Trinajstić information content (AvgIpc) is 2.41. The van der Waals surface area contributed by atoms with Crippen LogP contribution in [-0.2, 0) is 0 Å². The first-order valence-electron chi connectivity index (χ1n) is 6.57. The van der Waals surface area contributed by atoms with Gasteiger partial charge < -0.3 is 9.84 Å². The number of hydrogen-bond acceptors (Lipinski definition) is 3. The van der Waals surface area contributed by atoms with E-state index in [2.05, 4.69) is 6.92 Å². The lowest BCUT2D eigenvalue weighted by atomic mass is 9.76. The van der Waals surface area contributed by atoms with Crippen molar-refractivity contribution in [3.05, 3.63) is 29.6 Å². The van der Waals surface area contributed by atoms with Crippen LogP contribution < -0.4 is 4.74 Å². The fourth-order valence-corrected chi connectivity index (χ4v) is 2.52. The lowest BCUT2D eigenvalue weighted by Crippen LogP contribution is -2.42. The van der Waals surface area contributed by atoms with E-state index in [1.807, 2.05) is 0 Å². The zero-order valence-corrected chi connectivity index (χ0v) is 11.3. The van der Waals surface area contributed by atoms with Crippen molar-refractivity contribution in [1.82, 2.24) is 0 Å². The summed E-state index contributed by atoms with van der Waals surface area (Å²) in [5, 5.41) is 10.4. The molecule has 104 valence electrons. The van der Waals surface area contributed by atoms with Gasteiger partial charge in [0, 0.05) is 6.07 Å². The number of Topliss-reactive ketones (excluding diaryl/α,β-unsaturated/α-hetero) is 1. The highest BCUT2D eigenvalue weighted by atomic mass is 19.1. The molecule has 0 heterocycles. The highest BCUT2D eigenvalue weighted by Crippen LogP contribution is 2.35. The summed E-state index contributed by atoms with van der Waals surface area (Å²) in [6.45, 7) is 2.10. The minimum Gasteiger partial charge on any atom is -0.497 e. The normalized spacial score (nSPS) is 27.1. The van der Waals surface area contributed by atoms with E-state index in [4.69, 9.17) is 4.74 Å². The first-order chi connectivity index (χ1) is 8.96. The van der Waals surface area contributed by atoms with Gasteiger partial charge in [0.1, 0.15) is 17.2 Å². The topological polar surface area (TPSA) is 46.5 Å². The van der Waals surface area contributed by atoms with Gasteiger partial charge in [-0.05, 0) is 43.7 Å². The molecule has 3 nitrogen and oxygen atoms in total. The molecule has 0 bridgehead atoms. The second-order valence-electron chi connectivity index (χ2n) is 5.39. The highest BCUT2D eigenvalue weighted by molar-refractivity contribution is 6.02. The van der Waals surface area contributed by atoms with Crippen molar-refractivity contribution in [2.45, 2.75) is 38.2 Å². The molecule has 4 heteroatoms. The van der Waals surface area contributed by atoms with E-state index < -0.39 is 17.2 Å². The van der Waals surface area contributed by atoms with Gasteiger partial charge in [0.15, 0.2) is 5.78 Å². The molecule has 1 saturated carbocycles. The fourth-order valence-electron chi connectivity index (χ4n) is 2.52. The van der Waals surface area contributed by atoms with Crippen LogP contribution in [0.5, 0.6) is 5.75 Å². The third-order valence-electron chi connectivity index (χ3n) is 3.94. The summed E-state index contributed by atoms with van der Waals surface area (Å²) in [4.78, 5) is 12.3. The van der Waals surface area contributed by atoms with E-state index >= 15 is 0 Å². The van der Waals surface area contributed by atoms with Crippen LogP contribution in [0.25, 0.3) is 0 Å². The maximum absolute atomic E-state index is 13.9. The predicted octanol–water partition coefficient (Wildman–Crippen LogP) is 2.96. The summed E-state index contributed by atoms with van der Waals surface area (Å²) in [6.07, 6.45) is 2.39. The molecule has 1 aromatic rings. The Balaban J connectivity index is 2.24. The van der Waals surface area contributed by atoms with Crippen molar-refractivity contribution in [3.63, 3.8) is 0 Å². The van der Waals surface area contributed by atoms with E-state index in [-0.39, 0.29) is 5.56 Å². The second kappa shape index (κ2) is 5.29. The largest absolute Gasteiger partial charge is 0.497 e. The lowest BCUT2D eigenvalue weighted by Gasteiger charge is -2.33. The van der Waals surface area contributed by atoms with E-state index in [0.717, 1.165) is 12.8 Å². The molecule has 0 unspecified atom stereocenters. The number of benzene rings is 1. The minimum atomic E-state index is -1.41. The van der Waals surface area contributed by atoms with E-state index in [1.165, 1.54) is 25.3 Å². The molecular weight excluding hydrogens is 247 g/mol. The van der Waals surface area contributed by atoms with E-state index in [0.29, 0.717) is 24.5 Å². The summed E-state index contributed by atoms with van der Waals surface area (Å²) >= 11 is 0. The number of rotatable bonds is 3. The Hall–Kier alpha value is -1.42. The molecule has 0 saturated heterocycles. The summed E-state index contributed by atoms with van der Waals surface area (Å²) in [5.41, 5.74) is -1.47. The zero-order valence-electron chi connectivity index (χ0n) is 11.3. The molecule has 0 aliphatic heterocycles. The number of ether oxygens (including phenoxy) is 1. The van der Waals surface area contributed by atoms with Gasteiger partial charge in [0.2, 0.25) is 0 Å². The number of ketones is 1. The van der Waals surface area contributed by atoms with Crippen LogP contribution in [-0.4, -0.2) is 23.6 Å². The van der Waals surface area contributed by atoms with Gasteiger partial charge in [0.05, 0.1) is 12.7 Å². The maximum Gasteiger partial charge on any atom is 0.197 e. The predicted molar refractivity (Wildman–Crippen MR) is 69.9 cm³/mol. The smallest absolute Gasteiger partial charge is 0.197 e. The third-order valence-corrected chi connectivity index (χ3v) is 3.94. The molecule has 1 aromatic carbocycles. The summed E-state index contributed by atoms with van der Waals surface area (Å²) < 4.78 is 18.8. The minimum absolute atomic E-state index is 0.0575. The molecule has 1 N–H and O–H groups in total. The van der Waals surface area contributed by atoms with Crippen LogP contribution in [0.4, 0.5) is 4.39 Å². The number of methoxy groups -OCH3 is 1. The van der Waals surface area contributed by atoms with Crippen LogP contribution in [0, 0.1) is 11.7 Å². The average molecular weight is 266 g/mol. The monoisotopic (exact) mass is 266 g/mol. The molecule has 0 amide bonds. The van der Waals surface area contributed by atoms with Gasteiger partial charge >= 0.3 is 0 Å². The van der Waals surface area contributed by atoms with E-state index in [1.54, 1.807) is 0 Å². The summed E-state index contributed by atoms with van der Waals surface area (Å²) in [6, 6.07) is 4.08. The summed E-state index contributed by atoms with van der Waals surface area (Å²) in [7, 11) is 1.44. The first kappa shape index (κ1) is 14.0. The molecule has 19 heavy (non-hydrogen) atoms. The van der Waals surface area contributed by atoms with Gasteiger partial charge in [-0.15, -0.1) is 0 Å². The van der Waals surface area contributed by atoms with Crippen molar-refractivity contribution in [2.75, 3.05) is 7.11 Å². The third kappa shape index (κ3) is 2.78.